The van der Waals surface area contributed by atoms with Gasteiger partial charge in [0.2, 0.25) is 0 Å². The minimum atomic E-state index is -0.330. The highest BCUT2D eigenvalue weighted by molar-refractivity contribution is 5.97. The Hall–Kier alpha value is -1.58. The molecule has 1 fully saturated rings. The molecule has 1 aliphatic heterocycles. The first kappa shape index (κ1) is 13.8. The number of hydrogen-bond donors (Lipinski definition) is 0. The molecular weight excluding hydrogens is 245 g/mol. The van der Waals surface area contributed by atoms with Gasteiger partial charge in [0.25, 0.3) is 5.91 Å². The number of hydrogen-bond acceptors (Lipinski definition) is 2. The quantitative estimate of drug-likeness (QED) is 0.840. The zero-order valence-corrected chi connectivity index (χ0v) is 11.5. The van der Waals surface area contributed by atoms with Crippen LogP contribution in [0.25, 0.3) is 0 Å². The lowest BCUT2D eigenvalue weighted by atomic mass is 10.0. The van der Waals surface area contributed by atoms with Crippen LogP contribution in [-0.2, 0) is 6.42 Å². The zero-order chi connectivity index (χ0) is 13.8. The van der Waals surface area contributed by atoms with Crippen molar-refractivity contribution in [2.75, 3.05) is 20.2 Å². The molecule has 19 heavy (non-hydrogen) atoms. The second kappa shape index (κ2) is 6.04. The number of carbonyl (C=O) groups excluding carboxylic acids is 1. The average molecular weight is 265 g/mol. The fourth-order valence-electron chi connectivity index (χ4n) is 2.47. The number of aryl methyl sites for hydroxylation is 1. The van der Waals surface area contributed by atoms with Gasteiger partial charge in [-0.1, -0.05) is 6.92 Å². The average Bonchev–Trinajstić information content (AvgIpc) is 2.47. The van der Waals surface area contributed by atoms with E-state index in [1.54, 1.807) is 11.0 Å². The fraction of sp³-hybridized carbons (Fsp3) is 0.533. The molecule has 0 saturated carbocycles. The monoisotopic (exact) mass is 265 g/mol. The molecule has 1 heterocycles. The maximum atomic E-state index is 13.9. The molecule has 0 atom stereocenters. The number of likely N-dealkylation sites (tertiary alicyclic amines) is 1. The third-order valence-corrected chi connectivity index (χ3v) is 3.62. The van der Waals surface area contributed by atoms with Crippen LogP contribution in [0, 0.1) is 5.82 Å². The molecule has 0 N–H and O–H groups in total. The summed E-state index contributed by atoms with van der Waals surface area (Å²) in [5, 5.41) is 0. The molecule has 0 bridgehead atoms. The summed E-state index contributed by atoms with van der Waals surface area (Å²) in [6.07, 6.45) is 3.78. The molecule has 1 aromatic carbocycles. The van der Waals surface area contributed by atoms with Crippen LogP contribution in [0.5, 0.6) is 5.75 Å². The van der Waals surface area contributed by atoms with Crippen molar-refractivity contribution >= 4 is 5.91 Å². The van der Waals surface area contributed by atoms with Crippen molar-refractivity contribution in [3.63, 3.8) is 0 Å². The lowest BCUT2D eigenvalue weighted by Crippen LogP contribution is -2.35. The van der Waals surface area contributed by atoms with Gasteiger partial charge in [-0.05, 0) is 43.4 Å². The highest BCUT2D eigenvalue weighted by Gasteiger charge is 2.22. The van der Waals surface area contributed by atoms with Gasteiger partial charge in [-0.3, -0.25) is 4.79 Å². The highest BCUT2D eigenvalue weighted by atomic mass is 19.1. The Morgan fingerprint density at radius 1 is 1.32 bits per heavy atom. The normalized spacial score (nSPS) is 15.4. The van der Waals surface area contributed by atoms with Crippen molar-refractivity contribution in [1.29, 1.82) is 0 Å². The molecule has 1 aromatic rings. The lowest BCUT2D eigenvalue weighted by molar-refractivity contribution is 0.0720. The van der Waals surface area contributed by atoms with Gasteiger partial charge in [-0.15, -0.1) is 0 Å². The van der Waals surface area contributed by atoms with Crippen LogP contribution < -0.4 is 4.74 Å². The van der Waals surface area contributed by atoms with Crippen LogP contribution >= 0.6 is 0 Å². The first-order chi connectivity index (χ1) is 9.17. The summed E-state index contributed by atoms with van der Waals surface area (Å²) in [5.74, 6) is 0.00980. The van der Waals surface area contributed by atoms with E-state index in [2.05, 4.69) is 0 Å². The number of amides is 1. The van der Waals surface area contributed by atoms with E-state index in [1.165, 1.54) is 13.2 Å². The molecule has 0 aromatic heterocycles. The predicted molar refractivity (Wildman–Crippen MR) is 72.1 cm³/mol. The topological polar surface area (TPSA) is 29.5 Å². The summed E-state index contributed by atoms with van der Waals surface area (Å²) in [6.45, 7) is 3.38. The molecule has 1 amide bonds. The molecule has 2 rings (SSSR count). The van der Waals surface area contributed by atoms with Gasteiger partial charge in [0.15, 0.2) is 0 Å². The van der Waals surface area contributed by atoms with Crippen LogP contribution in [0.3, 0.4) is 0 Å². The molecule has 104 valence electrons. The minimum Gasteiger partial charge on any atom is -0.496 e. The smallest absolute Gasteiger partial charge is 0.257 e. The molecular formula is C15H20FNO2. The minimum absolute atomic E-state index is 0.127. The second-order valence-electron chi connectivity index (χ2n) is 4.85. The van der Waals surface area contributed by atoms with Gasteiger partial charge in [0.1, 0.15) is 11.6 Å². The number of nitrogens with zero attached hydrogens (tertiary/aromatic N) is 1. The van der Waals surface area contributed by atoms with Gasteiger partial charge < -0.3 is 9.64 Å². The van der Waals surface area contributed by atoms with E-state index in [0.717, 1.165) is 32.4 Å². The number of benzene rings is 1. The maximum Gasteiger partial charge on any atom is 0.257 e. The number of halogens is 1. The number of piperidine rings is 1. The molecule has 1 aliphatic rings. The van der Waals surface area contributed by atoms with Crippen LogP contribution in [-0.4, -0.2) is 31.0 Å². The standard InChI is InChI=1S/C15H20FNO2/c1-3-11-9-14(19-2)12(10-13(11)16)15(18)17-7-5-4-6-8-17/h9-10H,3-8H2,1-2H3. The Kier molecular flexibility index (Phi) is 4.40. The molecule has 0 aliphatic carbocycles. The van der Waals surface area contributed by atoms with Gasteiger partial charge >= 0.3 is 0 Å². The Morgan fingerprint density at radius 2 is 2.00 bits per heavy atom. The van der Waals surface area contributed by atoms with Gasteiger partial charge in [-0.2, -0.15) is 0 Å². The number of methoxy groups -OCH3 is 1. The van der Waals surface area contributed by atoms with Crippen molar-refractivity contribution in [2.45, 2.75) is 32.6 Å². The van der Waals surface area contributed by atoms with E-state index < -0.39 is 0 Å². The Morgan fingerprint density at radius 3 is 2.58 bits per heavy atom. The zero-order valence-electron chi connectivity index (χ0n) is 11.5. The van der Waals surface area contributed by atoms with Crippen molar-refractivity contribution < 1.29 is 13.9 Å². The number of carbonyl (C=O) groups is 1. The molecule has 0 unspecified atom stereocenters. The Bertz CT molecular complexity index is 467. The number of ether oxygens (including phenoxy) is 1. The lowest BCUT2D eigenvalue weighted by Gasteiger charge is -2.27. The molecule has 3 nitrogen and oxygen atoms in total. The van der Waals surface area contributed by atoms with E-state index in [0.29, 0.717) is 23.3 Å². The largest absolute Gasteiger partial charge is 0.496 e. The summed E-state index contributed by atoms with van der Waals surface area (Å²) in [4.78, 5) is 14.2. The van der Waals surface area contributed by atoms with Gasteiger partial charge in [0, 0.05) is 13.1 Å². The van der Waals surface area contributed by atoms with Crippen molar-refractivity contribution in [1.82, 2.24) is 4.90 Å². The summed E-state index contributed by atoms with van der Waals surface area (Å²) >= 11 is 0. The fourth-order valence-corrected chi connectivity index (χ4v) is 2.47. The summed E-state index contributed by atoms with van der Waals surface area (Å²) in [5.41, 5.74) is 0.908. The van der Waals surface area contributed by atoms with Crippen LogP contribution in [0.15, 0.2) is 12.1 Å². The Balaban J connectivity index is 2.32. The van der Waals surface area contributed by atoms with E-state index >= 15 is 0 Å². The van der Waals surface area contributed by atoms with Crippen molar-refractivity contribution in [3.05, 3.63) is 29.1 Å². The van der Waals surface area contributed by atoms with E-state index in [4.69, 9.17) is 4.74 Å². The molecule has 1 saturated heterocycles. The third kappa shape index (κ3) is 2.88. The van der Waals surface area contributed by atoms with E-state index in [-0.39, 0.29) is 11.7 Å². The SMILES string of the molecule is CCc1cc(OC)c(C(=O)N2CCCCC2)cc1F. The predicted octanol–water partition coefficient (Wildman–Crippen LogP) is 3.02. The number of rotatable bonds is 3. The summed E-state index contributed by atoms with van der Waals surface area (Å²) < 4.78 is 19.1. The van der Waals surface area contributed by atoms with Crippen LogP contribution in [0.1, 0.15) is 42.1 Å². The van der Waals surface area contributed by atoms with E-state index in [1.807, 2.05) is 6.92 Å². The van der Waals surface area contributed by atoms with Crippen LogP contribution in [0.4, 0.5) is 4.39 Å². The van der Waals surface area contributed by atoms with Gasteiger partial charge in [-0.25, -0.2) is 4.39 Å². The molecule has 0 spiro atoms. The third-order valence-electron chi connectivity index (χ3n) is 3.62. The van der Waals surface area contributed by atoms with Gasteiger partial charge in [0.05, 0.1) is 12.7 Å². The first-order valence-electron chi connectivity index (χ1n) is 6.83. The molecule has 4 heteroatoms. The second-order valence-corrected chi connectivity index (χ2v) is 4.85. The summed E-state index contributed by atoms with van der Waals surface area (Å²) in [6, 6.07) is 2.95. The maximum absolute atomic E-state index is 13.9. The van der Waals surface area contributed by atoms with Crippen molar-refractivity contribution in [3.8, 4) is 5.75 Å². The van der Waals surface area contributed by atoms with Crippen LogP contribution in [0.2, 0.25) is 0 Å². The van der Waals surface area contributed by atoms with Crippen molar-refractivity contribution in [2.24, 2.45) is 0 Å². The van der Waals surface area contributed by atoms with E-state index in [9.17, 15) is 9.18 Å². The highest BCUT2D eigenvalue weighted by Crippen LogP contribution is 2.26. The Labute approximate surface area is 113 Å². The molecule has 0 radical (unpaired) electrons. The summed E-state index contributed by atoms with van der Waals surface area (Å²) in [7, 11) is 1.51. The first-order valence-corrected chi connectivity index (χ1v) is 6.83.